The van der Waals surface area contributed by atoms with Gasteiger partial charge in [-0.25, -0.2) is 8.42 Å². The van der Waals surface area contributed by atoms with E-state index in [1.807, 2.05) is 0 Å². The smallest absolute Gasteiger partial charge is 0.267 e. The first-order valence-corrected chi connectivity index (χ1v) is 10.9. The van der Waals surface area contributed by atoms with Crippen LogP contribution >= 0.6 is 34.5 Å². The number of carbonyl (C=O) groups excluding carboxylic acids is 1. The van der Waals surface area contributed by atoms with Gasteiger partial charge in [0.25, 0.3) is 15.9 Å². The van der Waals surface area contributed by atoms with E-state index < -0.39 is 15.9 Å². The Kier molecular flexibility index (Phi) is 6.14. The summed E-state index contributed by atoms with van der Waals surface area (Å²) >= 11 is 12.9. The average Bonchev–Trinajstić information content (AvgIpc) is 3.12. The topological polar surface area (TPSA) is 84.5 Å². The van der Waals surface area contributed by atoms with E-state index in [1.54, 1.807) is 29.6 Å². The molecule has 10 heteroatoms. The first-order chi connectivity index (χ1) is 13.3. The normalized spacial score (nSPS) is 11.1. The molecule has 2 aromatic carbocycles. The zero-order chi connectivity index (χ0) is 20.3. The molecule has 3 rings (SSSR count). The molecule has 0 saturated carbocycles. The average molecular weight is 457 g/mol. The van der Waals surface area contributed by atoms with Crippen molar-refractivity contribution in [1.29, 1.82) is 0 Å². The van der Waals surface area contributed by atoms with Crippen molar-refractivity contribution in [1.82, 2.24) is 0 Å². The second-order valence-corrected chi connectivity index (χ2v) is 8.94. The zero-order valence-electron chi connectivity index (χ0n) is 14.4. The molecule has 0 spiro atoms. The Hall–Kier alpha value is -2.26. The van der Waals surface area contributed by atoms with Gasteiger partial charge >= 0.3 is 0 Å². The maximum absolute atomic E-state index is 12.6. The summed E-state index contributed by atoms with van der Waals surface area (Å²) in [5, 5.41) is 4.95. The fourth-order valence-electron chi connectivity index (χ4n) is 2.29. The fourth-order valence-corrected chi connectivity index (χ4v) is 4.46. The van der Waals surface area contributed by atoms with Gasteiger partial charge in [-0.15, -0.1) is 11.3 Å². The summed E-state index contributed by atoms with van der Waals surface area (Å²) in [5.41, 5.74) is 0.621. The Morgan fingerprint density at radius 2 is 1.75 bits per heavy atom. The molecule has 6 nitrogen and oxygen atoms in total. The second kappa shape index (κ2) is 8.40. The van der Waals surface area contributed by atoms with Crippen LogP contribution in [-0.2, 0) is 10.0 Å². The number of amides is 1. The van der Waals surface area contributed by atoms with Crippen molar-refractivity contribution in [2.24, 2.45) is 0 Å². The number of rotatable bonds is 6. The van der Waals surface area contributed by atoms with Crippen molar-refractivity contribution < 1.29 is 17.9 Å². The third kappa shape index (κ3) is 4.59. The lowest BCUT2D eigenvalue weighted by molar-refractivity contribution is 0.103. The summed E-state index contributed by atoms with van der Waals surface area (Å²) in [7, 11) is -2.37. The minimum atomic E-state index is -3.87. The highest BCUT2D eigenvalue weighted by Gasteiger charge is 2.20. The van der Waals surface area contributed by atoms with Crippen molar-refractivity contribution in [3.8, 4) is 5.75 Å². The molecular weight excluding hydrogens is 443 g/mol. The van der Waals surface area contributed by atoms with Crippen LogP contribution in [0, 0.1) is 0 Å². The highest BCUT2D eigenvalue weighted by atomic mass is 35.5. The van der Waals surface area contributed by atoms with E-state index in [1.165, 1.54) is 31.4 Å². The van der Waals surface area contributed by atoms with E-state index in [9.17, 15) is 13.2 Å². The van der Waals surface area contributed by atoms with Gasteiger partial charge in [-0.1, -0.05) is 23.2 Å². The number of carbonyl (C=O) groups is 1. The fraction of sp³-hybridized carbons (Fsp3) is 0.0556. The maximum Gasteiger partial charge on any atom is 0.267 e. The molecule has 0 saturated heterocycles. The molecule has 1 amide bonds. The SMILES string of the molecule is COc1ccc(S(=O)(=O)Nc2ccsc2C(=O)Nc2ccc(Cl)c(Cl)c2)cc1. The quantitative estimate of drug-likeness (QED) is 0.539. The molecule has 1 aromatic heterocycles. The van der Waals surface area contributed by atoms with Gasteiger partial charge in [0.2, 0.25) is 0 Å². The number of methoxy groups -OCH3 is 1. The van der Waals surface area contributed by atoms with Crippen molar-refractivity contribution >= 4 is 61.8 Å². The van der Waals surface area contributed by atoms with Crippen LogP contribution in [0.4, 0.5) is 11.4 Å². The van der Waals surface area contributed by atoms with E-state index in [0.29, 0.717) is 21.5 Å². The summed E-state index contributed by atoms with van der Waals surface area (Å²) in [6.07, 6.45) is 0. The van der Waals surface area contributed by atoms with Crippen molar-refractivity contribution in [3.63, 3.8) is 0 Å². The Bertz CT molecular complexity index is 1110. The number of benzene rings is 2. The van der Waals surface area contributed by atoms with Crippen molar-refractivity contribution in [3.05, 3.63) is 68.8 Å². The number of thiophene rings is 1. The highest BCUT2D eigenvalue weighted by Crippen LogP contribution is 2.29. The molecular formula is C18H14Cl2N2O4S2. The van der Waals surface area contributed by atoms with Gasteiger partial charge in [-0.05, 0) is 53.9 Å². The summed E-state index contributed by atoms with van der Waals surface area (Å²) in [6, 6.07) is 12.1. The molecule has 0 unspecified atom stereocenters. The Balaban J connectivity index is 1.80. The van der Waals surface area contributed by atoms with Crippen LogP contribution in [0.25, 0.3) is 0 Å². The van der Waals surface area contributed by atoms with Gasteiger partial charge in [-0.3, -0.25) is 9.52 Å². The summed E-state index contributed by atoms with van der Waals surface area (Å²) < 4.78 is 32.7. The standard InChI is InChI=1S/C18H14Cl2N2O4S2/c1-26-12-3-5-13(6-4-12)28(24,25)22-16-8-9-27-17(16)18(23)21-11-2-7-14(19)15(20)10-11/h2-10,22H,1H3,(H,21,23). The molecule has 28 heavy (non-hydrogen) atoms. The molecule has 0 aliphatic carbocycles. The molecule has 0 bridgehead atoms. The molecule has 0 aliphatic rings. The van der Waals surface area contributed by atoms with E-state index >= 15 is 0 Å². The lowest BCUT2D eigenvalue weighted by Gasteiger charge is -2.10. The number of halogens is 2. The van der Waals surface area contributed by atoms with Crippen molar-refractivity contribution in [2.75, 3.05) is 17.1 Å². The molecule has 3 aromatic rings. The van der Waals surface area contributed by atoms with Gasteiger partial charge in [0, 0.05) is 5.69 Å². The van der Waals surface area contributed by atoms with E-state index in [0.717, 1.165) is 11.3 Å². The van der Waals surface area contributed by atoms with Crippen LogP contribution in [0.2, 0.25) is 10.0 Å². The van der Waals surface area contributed by atoms with Crippen LogP contribution in [0.1, 0.15) is 9.67 Å². The predicted octanol–water partition coefficient (Wildman–Crippen LogP) is 5.12. The summed E-state index contributed by atoms with van der Waals surface area (Å²) in [5.74, 6) is 0.0667. The minimum absolute atomic E-state index is 0.0512. The van der Waals surface area contributed by atoms with Crippen LogP contribution < -0.4 is 14.8 Å². The van der Waals surface area contributed by atoms with Gasteiger partial charge in [0.1, 0.15) is 10.6 Å². The molecule has 0 radical (unpaired) electrons. The van der Waals surface area contributed by atoms with E-state index in [2.05, 4.69) is 10.0 Å². The van der Waals surface area contributed by atoms with Crippen LogP contribution in [0.3, 0.4) is 0 Å². The predicted molar refractivity (Wildman–Crippen MR) is 113 cm³/mol. The van der Waals surface area contributed by atoms with Crippen LogP contribution in [-0.4, -0.2) is 21.4 Å². The van der Waals surface area contributed by atoms with Gasteiger partial charge in [-0.2, -0.15) is 0 Å². The lowest BCUT2D eigenvalue weighted by atomic mass is 10.3. The molecule has 0 aliphatic heterocycles. The third-order valence-electron chi connectivity index (χ3n) is 3.66. The van der Waals surface area contributed by atoms with Gasteiger partial charge in [0.05, 0.1) is 27.7 Å². The summed E-state index contributed by atoms with van der Waals surface area (Å²) in [6.45, 7) is 0. The molecule has 146 valence electrons. The minimum Gasteiger partial charge on any atom is -0.497 e. The van der Waals surface area contributed by atoms with E-state index in [4.69, 9.17) is 27.9 Å². The first-order valence-electron chi connectivity index (χ1n) is 7.81. The highest BCUT2D eigenvalue weighted by molar-refractivity contribution is 7.92. The number of anilines is 2. The van der Waals surface area contributed by atoms with Gasteiger partial charge in [0.15, 0.2) is 0 Å². The molecule has 0 atom stereocenters. The second-order valence-electron chi connectivity index (χ2n) is 5.53. The molecule has 1 heterocycles. The number of hydrogen-bond donors (Lipinski definition) is 2. The van der Waals surface area contributed by atoms with E-state index in [-0.39, 0.29) is 15.5 Å². The van der Waals surface area contributed by atoms with Crippen LogP contribution in [0.15, 0.2) is 58.8 Å². The zero-order valence-corrected chi connectivity index (χ0v) is 17.5. The number of sulfonamides is 1. The molecule has 0 fully saturated rings. The number of nitrogens with one attached hydrogen (secondary N) is 2. The first kappa shape index (κ1) is 20.5. The van der Waals surface area contributed by atoms with Gasteiger partial charge < -0.3 is 10.1 Å². The van der Waals surface area contributed by atoms with Crippen LogP contribution in [0.5, 0.6) is 5.75 Å². The monoisotopic (exact) mass is 456 g/mol. The Labute approximate surface area is 176 Å². The lowest BCUT2D eigenvalue weighted by Crippen LogP contribution is -2.17. The molecule has 2 N–H and O–H groups in total. The summed E-state index contributed by atoms with van der Waals surface area (Å²) in [4.78, 5) is 12.8. The Morgan fingerprint density at radius 1 is 1.04 bits per heavy atom. The Morgan fingerprint density at radius 3 is 2.39 bits per heavy atom. The van der Waals surface area contributed by atoms with Crippen molar-refractivity contribution in [2.45, 2.75) is 4.90 Å². The third-order valence-corrected chi connectivity index (χ3v) is 6.70. The maximum atomic E-state index is 12.6. The number of ether oxygens (including phenoxy) is 1. The largest absolute Gasteiger partial charge is 0.497 e. The number of hydrogen-bond acceptors (Lipinski definition) is 5.